The molecule has 0 aliphatic rings. The van der Waals surface area contributed by atoms with E-state index in [4.69, 9.17) is 0 Å². The Labute approximate surface area is 81.8 Å². The van der Waals surface area contributed by atoms with Gasteiger partial charge in [-0.15, -0.1) is 0 Å². The number of benzene rings is 1. The molecular weight excluding hydrogens is 178 g/mol. The second-order valence-corrected chi connectivity index (χ2v) is 3.56. The summed E-state index contributed by atoms with van der Waals surface area (Å²) in [6.45, 7) is 0. The second kappa shape index (κ2) is 4.10. The molecule has 1 heterocycles. The summed E-state index contributed by atoms with van der Waals surface area (Å²) in [5, 5.41) is 1.00. The summed E-state index contributed by atoms with van der Waals surface area (Å²) >= 11 is 1.62. The van der Waals surface area contributed by atoms with Gasteiger partial charge in [-0.1, -0.05) is 22.7 Å². The molecule has 13 heavy (non-hydrogen) atoms. The molecule has 0 atom stereocenters. The topological polar surface area (TPSA) is 12.9 Å². The maximum atomic E-state index is 4.22. The molecule has 2 aromatic rings. The molecule has 2 heteroatoms. The summed E-state index contributed by atoms with van der Waals surface area (Å²) < 4.78 is 0. The molecule has 0 fully saturated rings. The zero-order chi connectivity index (χ0) is 8.93. The Balaban J connectivity index is 2.16. The van der Waals surface area contributed by atoms with Gasteiger partial charge in [0.05, 0.1) is 5.03 Å². The first-order valence-corrected chi connectivity index (χ1v) is 4.82. The van der Waals surface area contributed by atoms with Crippen LogP contribution in [-0.2, 0) is 0 Å². The molecule has 64 valence electrons. The van der Waals surface area contributed by atoms with Crippen molar-refractivity contribution in [3.05, 3.63) is 54.7 Å². The Morgan fingerprint density at radius 1 is 1.08 bits per heavy atom. The Kier molecular flexibility index (Phi) is 2.62. The molecule has 0 amide bonds. The molecule has 0 bridgehead atoms. The summed E-state index contributed by atoms with van der Waals surface area (Å²) in [6.07, 6.45) is 1.80. The normalized spacial score (nSPS) is 9.85. The van der Waals surface area contributed by atoms with Crippen LogP contribution in [0.5, 0.6) is 0 Å². The minimum absolute atomic E-state index is 1.00. The van der Waals surface area contributed by atoms with Crippen molar-refractivity contribution in [1.29, 1.82) is 0 Å². The monoisotopic (exact) mass is 186 g/mol. The summed E-state index contributed by atoms with van der Waals surface area (Å²) in [4.78, 5) is 5.32. The quantitative estimate of drug-likeness (QED) is 0.669. The van der Waals surface area contributed by atoms with Crippen LogP contribution in [0.2, 0.25) is 0 Å². The van der Waals surface area contributed by atoms with Gasteiger partial charge in [-0.25, -0.2) is 4.98 Å². The van der Waals surface area contributed by atoms with E-state index in [1.807, 2.05) is 42.5 Å². The molecular formula is C11H8NS-. The van der Waals surface area contributed by atoms with Crippen molar-refractivity contribution in [2.45, 2.75) is 9.92 Å². The minimum Gasteiger partial charge on any atom is -0.250 e. The van der Waals surface area contributed by atoms with Crippen LogP contribution in [0.1, 0.15) is 0 Å². The highest BCUT2D eigenvalue weighted by atomic mass is 32.2. The molecule has 0 aliphatic carbocycles. The number of pyridine rings is 1. The first-order chi connectivity index (χ1) is 6.45. The van der Waals surface area contributed by atoms with Gasteiger partial charge in [-0.2, -0.15) is 30.3 Å². The van der Waals surface area contributed by atoms with Crippen molar-refractivity contribution in [1.82, 2.24) is 4.98 Å². The van der Waals surface area contributed by atoms with Gasteiger partial charge in [0.25, 0.3) is 0 Å². The van der Waals surface area contributed by atoms with Gasteiger partial charge in [0.2, 0.25) is 0 Å². The Morgan fingerprint density at radius 2 is 2.00 bits per heavy atom. The highest BCUT2D eigenvalue weighted by Crippen LogP contribution is 2.24. The number of hydrogen-bond acceptors (Lipinski definition) is 2. The third-order valence-corrected chi connectivity index (χ3v) is 2.46. The van der Waals surface area contributed by atoms with E-state index in [0.717, 1.165) is 9.92 Å². The maximum Gasteiger partial charge on any atom is 0.0987 e. The van der Waals surface area contributed by atoms with Crippen molar-refractivity contribution in [2.75, 3.05) is 0 Å². The average Bonchev–Trinajstić information content (AvgIpc) is 2.21. The van der Waals surface area contributed by atoms with Crippen LogP contribution in [0.3, 0.4) is 0 Å². The van der Waals surface area contributed by atoms with Gasteiger partial charge < -0.3 is 0 Å². The van der Waals surface area contributed by atoms with E-state index in [1.54, 1.807) is 18.0 Å². The zero-order valence-corrected chi connectivity index (χ0v) is 7.79. The fourth-order valence-corrected chi connectivity index (χ4v) is 1.72. The van der Waals surface area contributed by atoms with Gasteiger partial charge in [0.15, 0.2) is 0 Å². The van der Waals surface area contributed by atoms with Crippen LogP contribution in [0.15, 0.2) is 58.6 Å². The van der Waals surface area contributed by atoms with E-state index in [-0.39, 0.29) is 0 Å². The first-order valence-electron chi connectivity index (χ1n) is 4.01. The van der Waals surface area contributed by atoms with Crippen molar-refractivity contribution >= 4 is 11.8 Å². The molecule has 0 aliphatic heterocycles. The van der Waals surface area contributed by atoms with Crippen molar-refractivity contribution in [3.63, 3.8) is 0 Å². The smallest absolute Gasteiger partial charge is 0.0987 e. The average molecular weight is 186 g/mol. The Hall–Kier alpha value is -1.28. The van der Waals surface area contributed by atoms with Crippen LogP contribution in [0.4, 0.5) is 0 Å². The van der Waals surface area contributed by atoms with E-state index in [9.17, 15) is 0 Å². The van der Waals surface area contributed by atoms with Crippen LogP contribution < -0.4 is 0 Å². The largest absolute Gasteiger partial charge is 0.250 e. The number of hydrogen-bond donors (Lipinski definition) is 0. The maximum absolute atomic E-state index is 4.22. The van der Waals surface area contributed by atoms with Crippen LogP contribution in [0.25, 0.3) is 0 Å². The number of aromatic nitrogens is 1. The van der Waals surface area contributed by atoms with E-state index in [0.29, 0.717) is 0 Å². The third-order valence-electron chi connectivity index (χ3n) is 1.53. The molecule has 0 unspecified atom stereocenters. The fraction of sp³-hybridized carbons (Fsp3) is 0. The van der Waals surface area contributed by atoms with Crippen molar-refractivity contribution < 1.29 is 0 Å². The summed E-state index contributed by atoms with van der Waals surface area (Å²) in [5.41, 5.74) is 0. The van der Waals surface area contributed by atoms with E-state index in [1.165, 1.54) is 0 Å². The Morgan fingerprint density at radius 3 is 2.69 bits per heavy atom. The highest BCUT2D eigenvalue weighted by Gasteiger charge is 1.90. The summed E-state index contributed by atoms with van der Waals surface area (Å²) in [7, 11) is 0. The standard InChI is InChI=1S/C11H8NS/c1-2-6-10(7-3-1)13-11-8-4-5-9-12-11/h1-6,8-9H/q-1. The van der Waals surface area contributed by atoms with Gasteiger partial charge in [-0.3, -0.25) is 0 Å². The molecule has 2 rings (SSSR count). The first kappa shape index (κ1) is 8.32. The molecule has 1 nitrogen and oxygen atoms in total. The van der Waals surface area contributed by atoms with Crippen molar-refractivity contribution in [2.24, 2.45) is 0 Å². The molecule has 0 N–H and O–H groups in total. The lowest BCUT2D eigenvalue weighted by Crippen LogP contribution is -1.76. The van der Waals surface area contributed by atoms with Gasteiger partial charge in [0, 0.05) is 6.20 Å². The van der Waals surface area contributed by atoms with Crippen LogP contribution >= 0.6 is 11.8 Å². The van der Waals surface area contributed by atoms with E-state index in [2.05, 4.69) is 11.1 Å². The molecule has 0 spiro atoms. The van der Waals surface area contributed by atoms with E-state index < -0.39 is 0 Å². The summed E-state index contributed by atoms with van der Waals surface area (Å²) in [5.74, 6) is 0. The molecule has 1 aromatic carbocycles. The number of nitrogens with zero attached hydrogens (tertiary/aromatic N) is 1. The van der Waals surface area contributed by atoms with Gasteiger partial charge in [0.1, 0.15) is 0 Å². The summed E-state index contributed by atoms with van der Waals surface area (Å²) in [6, 6.07) is 16.9. The molecule has 1 aromatic heterocycles. The fourth-order valence-electron chi connectivity index (χ4n) is 0.960. The van der Waals surface area contributed by atoms with Crippen LogP contribution in [-0.4, -0.2) is 4.98 Å². The molecule has 0 radical (unpaired) electrons. The third kappa shape index (κ3) is 2.33. The lowest BCUT2D eigenvalue weighted by molar-refractivity contribution is 1.13. The molecule has 0 saturated heterocycles. The van der Waals surface area contributed by atoms with Gasteiger partial charge >= 0.3 is 0 Å². The van der Waals surface area contributed by atoms with Crippen molar-refractivity contribution in [3.8, 4) is 0 Å². The lowest BCUT2D eigenvalue weighted by atomic mass is 10.4. The van der Waals surface area contributed by atoms with E-state index >= 15 is 0 Å². The van der Waals surface area contributed by atoms with Gasteiger partial charge in [-0.05, 0) is 12.1 Å². The predicted octanol–water partition coefficient (Wildman–Crippen LogP) is 3.03. The lowest BCUT2D eigenvalue weighted by Gasteiger charge is -2.04. The zero-order valence-electron chi connectivity index (χ0n) is 6.97. The minimum atomic E-state index is 1.00. The molecule has 0 saturated carbocycles. The predicted molar refractivity (Wildman–Crippen MR) is 53.6 cm³/mol. The number of rotatable bonds is 2. The second-order valence-electron chi connectivity index (χ2n) is 2.50. The highest BCUT2D eigenvalue weighted by molar-refractivity contribution is 7.99. The van der Waals surface area contributed by atoms with Crippen LogP contribution in [0, 0.1) is 6.07 Å². The Bertz CT molecular complexity index is 321. The SMILES string of the molecule is [c-]1ccccc1Sc1ccccn1.